The average molecular weight is 285 g/mol. The lowest BCUT2D eigenvalue weighted by Gasteiger charge is -2.10. The summed E-state index contributed by atoms with van der Waals surface area (Å²) >= 11 is 0. The van der Waals surface area contributed by atoms with Crippen molar-refractivity contribution in [3.05, 3.63) is 29.3 Å². The third-order valence-corrected chi connectivity index (χ3v) is 2.65. The highest BCUT2D eigenvalue weighted by Crippen LogP contribution is 2.22. The zero-order chi connectivity index (χ0) is 15.2. The van der Waals surface area contributed by atoms with Crippen LogP contribution in [-0.4, -0.2) is 21.6 Å². The molecule has 2 aromatic rings. The molecule has 0 aliphatic carbocycles. The third-order valence-electron chi connectivity index (χ3n) is 2.65. The number of hydrogen-bond donors (Lipinski definition) is 3. The smallest absolute Gasteiger partial charge is 0.323 e. The highest BCUT2D eigenvalue weighted by Gasteiger charge is 2.10. The second-order valence-electron chi connectivity index (χ2n) is 4.08. The van der Waals surface area contributed by atoms with E-state index >= 15 is 0 Å². The Labute approximate surface area is 122 Å². The maximum Gasteiger partial charge on any atom is 0.323 e. The van der Waals surface area contributed by atoms with E-state index in [9.17, 15) is 5.26 Å². The van der Waals surface area contributed by atoms with Crippen molar-refractivity contribution in [1.29, 1.82) is 5.26 Å². The summed E-state index contributed by atoms with van der Waals surface area (Å²) in [6.07, 6.45) is 0. The molecule has 0 aliphatic heterocycles. The molecule has 1 aromatic carbocycles. The van der Waals surface area contributed by atoms with Gasteiger partial charge in [0, 0.05) is 0 Å². The van der Waals surface area contributed by atoms with Crippen LogP contribution in [0.3, 0.4) is 0 Å². The second kappa shape index (κ2) is 6.49. The van der Waals surface area contributed by atoms with Crippen molar-refractivity contribution in [3.63, 3.8) is 0 Å². The summed E-state index contributed by atoms with van der Waals surface area (Å²) < 4.78 is 5.24. The van der Waals surface area contributed by atoms with Crippen molar-refractivity contribution in [2.24, 2.45) is 5.84 Å². The molecule has 4 N–H and O–H groups in total. The number of ether oxygens (including phenoxy) is 1. The first-order valence-electron chi connectivity index (χ1n) is 6.30. The van der Waals surface area contributed by atoms with Gasteiger partial charge in [0.15, 0.2) is 0 Å². The van der Waals surface area contributed by atoms with Crippen LogP contribution >= 0.6 is 0 Å². The topological polar surface area (TPSA) is 122 Å². The van der Waals surface area contributed by atoms with Gasteiger partial charge < -0.3 is 10.1 Å². The van der Waals surface area contributed by atoms with Gasteiger partial charge in [-0.3, -0.25) is 5.43 Å². The Morgan fingerprint density at radius 2 is 2.05 bits per heavy atom. The number of hydrogen-bond acceptors (Lipinski definition) is 8. The van der Waals surface area contributed by atoms with Crippen molar-refractivity contribution in [3.8, 4) is 12.1 Å². The van der Waals surface area contributed by atoms with Crippen LogP contribution in [0.15, 0.2) is 18.2 Å². The molecular weight excluding hydrogens is 270 g/mol. The van der Waals surface area contributed by atoms with Crippen LogP contribution < -0.4 is 21.3 Å². The Balaban J connectivity index is 2.37. The van der Waals surface area contributed by atoms with Gasteiger partial charge in [0.25, 0.3) is 0 Å². The van der Waals surface area contributed by atoms with Gasteiger partial charge in [-0.25, -0.2) is 5.84 Å². The van der Waals surface area contributed by atoms with E-state index in [-0.39, 0.29) is 17.9 Å². The number of nitrogens with zero attached hydrogens (tertiary/aromatic N) is 4. The Morgan fingerprint density at radius 3 is 2.71 bits per heavy atom. The van der Waals surface area contributed by atoms with Gasteiger partial charge >= 0.3 is 6.01 Å². The van der Waals surface area contributed by atoms with Crippen LogP contribution in [0.2, 0.25) is 0 Å². The van der Waals surface area contributed by atoms with Crippen LogP contribution in [0.5, 0.6) is 6.01 Å². The molecule has 0 bridgehead atoms. The average Bonchev–Trinajstić information content (AvgIpc) is 2.47. The van der Waals surface area contributed by atoms with Crippen molar-refractivity contribution >= 4 is 17.6 Å². The quantitative estimate of drug-likeness (QED) is 0.557. The predicted octanol–water partition coefficient (Wildman–Crippen LogP) is 1.48. The van der Waals surface area contributed by atoms with E-state index in [2.05, 4.69) is 31.8 Å². The summed E-state index contributed by atoms with van der Waals surface area (Å²) in [6, 6.07) is 7.76. The van der Waals surface area contributed by atoms with Crippen LogP contribution in [0.4, 0.5) is 17.6 Å². The van der Waals surface area contributed by atoms with E-state index in [1.54, 1.807) is 6.07 Å². The van der Waals surface area contributed by atoms with Gasteiger partial charge in [0.1, 0.15) is 6.07 Å². The number of nitrogen functional groups attached to an aromatic ring is 1. The fourth-order valence-corrected chi connectivity index (χ4v) is 1.71. The number of hydrazine groups is 1. The van der Waals surface area contributed by atoms with Gasteiger partial charge in [-0.05, 0) is 25.5 Å². The standard InChI is InChI=1S/C13H15N7O/c1-3-21-13-18-11(17-12(19-13)20-15)16-10-6-4-5-8(2)9(10)7-14/h4-6H,3,15H2,1-2H3,(H2,16,17,18,19,20). The largest absolute Gasteiger partial charge is 0.464 e. The minimum Gasteiger partial charge on any atom is -0.464 e. The summed E-state index contributed by atoms with van der Waals surface area (Å²) in [7, 11) is 0. The number of anilines is 3. The first-order valence-corrected chi connectivity index (χ1v) is 6.30. The molecule has 0 unspecified atom stereocenters. The first kappa shape index (κ1) is 14.5. The molecular formula is C13H15N7O. The molecule has 1 aromatic heterocycles. The van der Waals surface area contributed by atoms with E-state index < -0.39 is 0 Å². The number of aromatic nitrogens is 3. The lowest BCUT2D eigenvalue weighted by atomic mass is 10.1. The fraction of sp³-hybridized carbons (Fsp3) is 0.231. The number of nitrogens with one attached hydrogen (secondary N) is 2. The maximum absolute atomic E-state index is 9.22. The van der Waals surface area contributed by atoms with Crippen LogP contribution in [0.25, 0.3) is 0 Å². The lowest BCUT2D eigenvalue weighted by molar-refractivity contribution is 0.312. The molecule has 0 aliphatic rings. The van der Waals surface area contributed by atoms with Crippen molar-refractivity contribution < 1.29 is 4.74 Å². The zero-order valence-electron chi connectivity index (χ0n) is 11.7. The molecule has 8 heteroatoms. The van der Waals surface area contributed by atoms with E-state index in [0.29, 0.717) is 17.9 Å². The van der Waals surface area contributed by atoms with Crippen LogP contribution in [-0.2, 0) is 0 Å². The number of aryl methyl sites for hydroxylation is 1. The molecule has 0 fully saturated rings. The van der Waals surface area contributed by atoms with Crippen LogP contribution in [0.1, 0.15) is 18.1 Å². The molecule has 0 amide bonds. The summed E-state index contributed by atoms with van der Waals surface area (Å²) in [6.45, 7) is 4.10. The van der Waals surface area contributed by atoms with Crippen molar-refractivity contribution in [2.45, 2.75) is 13.8 Å². The number of nitrogens with two attached hydrogens (primary N) is 1. The van der Waals surface area contributed by atoms with Gasteiger partial charge in [0.2, 0.25) is 11.9 Å². The summed E-state index contributed by atoms with van der Waals surface area (Å²) in [5, 5.41) is 12.2. The van der Waals surface area contributed by atoms with Gasteiger partial charge in [0.05, 0.1) is 17.9 Å². The molecule has 0 atom stereocenters. The van der Waals surface area contributed by atoms with E-state index in [1.807, 2.05) is 26.0 Å². The molecule has 0 saturated heterocycles. The highest BCUT2D eigenvalue weighted by molar-refractivity contribution is 5.65. The molecule has 1 heterocycles. The van der Waals surface area contributed by atoms with Crippen LogP contribution in [0, 0.1) is 18.3 Å². The monoisotopic (exact) mass is 285 g/mol. The SMILES string of the molecule is CCOc1nc(NN)nc(Nc2cccc(C)c2C#N)n1. The highest BCUT2D eigenvalue weighted by atomic mass is 16.5. The van der Waals surface area contributed by atoms with Gasteiger partial charge in [-0.1, -0.05) is 12.1 Å². The van der Waals surface area contributed by atoms with Gasteiger partial charge in [-0.15, -0.1) is 0 Å². The van der Waals surface area contributed by atoms with Crippen molar-refractivity contribution in [1.82, 2.24) is 15.0 Å². The number of benzene rings is 1. The number of nitriles is 1. The van der Waals surface area contributed by atoms with E-state index in [1.165, 1.54) is 0 Å². The van der Waals surface area contributed by atoms with E-state index in [4.69, 9.17) is 10.6 Å². The Morgan fingerprint density at radius 1 is 1.29 bits per heavy atom. The summed E-state index contributed by atoms with van der Waals surface area (Å²) in [5.74, 6) is 5.73. The normalized spacial score (nSPS) is 9.81. The summed E-state index contributed by atoms with van der Waals surface area (Å²) in [4.78, 5) is 12.1. The molecule has 0 saturated carbocycles. The Hall–Kier alpha value is -2.92. The molecule has 21 heavy (non-hydrogen) atoms. The first-order chi connectivity index (χ1) is 10.2. The maximum atomic E-state index is 9.22. The molecule has 8 nitrogen and oxygen atoms in total. The fourth-order valence-electron chi connectivity index (χ4n) is 1.71. The molecule has 2 rings (SSSR count). The molecule has 0 radical (unpaired) electrons. The molecule has 0 spiro atoms. The second-order valence-corrected chi connectivity index (χ2v) is 4.08. The third kappa shape index (κ3) is 3.34. The lowest BCUT2D eigenvalue weighted by Crippen LogP contribution is -2.13. The Kier molecular flexibility index (Phi) is 4.48. The Bertz CT molecular complexity index is 681. The van der Waals surface area contributed by atoms with Crippen molar-refractivity contribution in [2.75, 3.05) is 17.3 Å². The molecule has 108 valence electrons. The van der Waals surface area contributed by atoms with E-state index in [0.717, 1.165) is 5.56 Å². The number of rotatable bonds is 5. The summed E-state index contributed by atoms with van der Waals surface area (Å²) in [5.41, 5.74) is 4.34. The predicted molar refractivity (Wildman–Crippen MR) is 78.0 cm³/mol. The van der Waals surface area contributed by atoms with Gasteiger partial charge in [-0.2, -0.15) is 20.2 Å². The minimum atomic E-state index is 0.147. The zero-order valence-corrected chi connectivity index (χ0v) is 11.7. The minimum absolute atomic E-state index is 0.147.